The molecule has 112 valence electrons. The van der Waals surface area contributed by atoms with Gasteiger partial charge in [-0.15, -0.1) is 0 Å². The molecule has 0 aliphatic heterocycles. The van der Waals surface area contributed by atoms with Crippen LogP contribution in [0.25, 0.3) is 0 Å². The van der Waals surface area contributed by atoms with Crippen LogP contribution in [0, 0.1) is 0 Å². The van der Waals surface area contributed by atoms with Crippen LogP contribution in [-0.2, 0) is 11.3 Å². The summed E-state index contributed by atoms with van der Waals surface area (Å²) in [6.45, 7) is 2.94. The van der Waals surface area contributed by atoms with Crippen molar-refractivity contribution in [1.82, 2.24) is 10.2 Å². The van der Waals surface area contributed by atoms with E-state index in [0.717, 1.165) is 12.0 Å². The Hall–Kier alpha value is -1.62. The van der Waals surface area contributed by atoms with Crippen LogP contribution in [0.4, 0.5) is 9.18 Å². The van der Waals surface area contributed by atoms with Crippen molar-refractivity contribution in [2.75, 3.05) is 26.7 Å². The topological polar surface area (TPSA) is 41.6 Å². The maximum atomic E-state index is 13.6. The second kappa shape index (κ2) is 9.31. The first-order chi connectivity index (χ1) is 9.67. The first-order valence-electron chi connectivity index (χ1n) is 6.91. The molecular weight excluding hydrogens is 259 g/mol. The molecule has 1 N–H and O–H groups in total. The van der Waals surface area contributed by atoms with Crippen molar-refractivity contribution in [3.63, 3.8) is 0 Å². The third-order valence-electron chi connectivity index (χ3n) is 2.80. The number of rotatable bonds is 8. The number of nitrogens with one attached hydrogen (secondary N) is 1. The van der Waals surface area contributed by atoms with Crippen molar-refractivity contribution in [3.05, 3.63) is 35.9 Å². The lowest BCUT2D eigenvalue weighted by atomic mass is 10.2. The van der Waals surface area contributed by atoms with Gasteiger partial charge in [0.05, 0.1) is 6.54 Å². The van der Waals surface area contributed by atoms with Gasteiger partial charge < -0.3 is 15.0 Å². The van der Waals surface area contributed by atoms with Crippen molar-refractivity contribution in [3.8, 4) is 0 Å². The fourth-order valence-electron chi connectivity index (χ4n) is 1.86. The fourth-order valence-corrected chi connectivity index (χ4v) is 1.86. The molecular formula is C15H23FN2O2. The fraction of sp³-hybridized carbons (Fsp3) is 0.533. The van der Waals surface area contributed by atoms with E-state index < -0.39 is 12.3 Å². The highest BCUT2D eigenvalue weighted by Gasteiger charge is 2.18. The standard InChI is InChI=1S/C15H23FN2O2/c1-3-9-18(11-14(16)10-17-2)15(19)20-12-13-7-5-4-6-8-13/h4-8,14,17H,3,9-12H2,1-2H3/t14-/m1/s1. The van der Waals surface area contributed by atoms with Gasteiger partial charge >= 0.3 is 6.09 Å². The SMILES string of the molecule is CCCN(C[C@H](F)CNC)C(=O)OCc1ccccc1. The number of halogens is 1. The molecule has 0 fully saturated rings. The molecule has 1 rings (SSSR count). The molecule has 0 spiro atoms. The van der Waals surface area contributed by atoms with Crippen molar-refractivity contribution in [1.29, 1.82) is 0 Å². The van der Waals surface area contributed by atoms with Gasteiger partial charge in [-0.25, -0.2) is 9.18 Å². The minimum atomic E-state index is -1.09. The summed E-state index contributed by atoms with van der Waals surface area (Å²) < 4.78 is 18.8. The van der Waals surface area contributed by atoms with E-state index in [9.17, 15) is 9.18 Å². The predicted octanol–water partition coefficient (Wildman–Crippen LogP) is 2.59. The van der Waals surface area contributed by atoms with Crippen molar-refractivity contribution >= 4 is 6.09 Å². The van der Waals surface area contributed by atoms with E-state index in [2.05, 4.69) is 5.32 Å². The van der Waals surface area contributed by atoms with E-state index in [-0.39, 0.29) is 19.7 Å². The zero-order valence-corrected chi connectivity index (χ0v) is 12.1. The van der Waals surface area contributed by atoms with Gasteiger partial charge in [0, 0.05) is 13.1 Å². The summed E-state index contributed by atoms with van der Waals surface area (Å²) >= 11 is 0. The Labute approximate surface area is 119 Å². The highest BCUT2D eigenvalue weighted by molar-refractivity contribution is 5.67. The molecule has 0 saturated carbocycles. The number of ether oxygens (including phenoxy) is 1. The number of carbonyl (C=O) groups is 1. The number of hydrogen-bond donors (Lipinski definition) is 1. The lowest BCUT2D eigenvalue weighted by Gasteiger charge is -2.23. The molecule has 0 unspecified atom stereocenters. The van der Waals surface area contributed by atoms with Crippen LogP contribution in [0.1, 0.15) is 18.9 Å². The third-order valence-corrected chi connectivity index (χ3v) is 2.80. The average Bonchev–Trinajstić information content (AvgIpc) is 2.45. The maximum absolute atomic E-state index is 13.6. The van der Waals surface area contributed by atoms with Gasteiger partial charge in [0.2, 0.25) is 0 Å². The number of benzene rings is 1. The summed E-state index contributed by atoms with van der Waals surface area (Å²) in [7, 11) is 1.68. The highest BCUT2D eigenvalue weighted by Crippen LogP contribution is 2.05. The second-order valence-corrected chi connectivity index (χ2v) is 4.64. The summed E-state index contributed by atoms with van der Waals surface area (Å²) in [4.78, 5) is 13.4. The molecule has 1 amide bonds. The first-order valence-corrected chi connectivity index (χ1v) is 6.91. The molecule has 0 aliphatic carbocycles. The molecule has 20 heavy (non-hydrogen) atoms. The van der Waals surface area contributed by atoms with Crippen LogP contribution in [0.5, 0.6) is 0 Å². The van der Waals surface area contributed by atoms with Crippen LogP contribution < -0.4 is 5.32 Å². The van der Waals surface area contributed by atoms with Gasteiger partial charge in [-0.2, -0.15) is 0 Å². The van der Waals surface area contributed by atoms with Gasteiger partial charge in [-0.05, 0) is 19.0 Å². The monoisotopic (exact) mass is 282 g/mol. The van der Waals surface area contributed by atoms with Gasteiger partial charge in [0.15, 0.2) is 0 Å². The zero-order valence-electron chi connectivity index (χ0n) is 12.1. The van der Waals surface area contributed by atoms with Crippen LogP contribution >= 0.6 is 0 Å². The van der Waals surface area contributed by atoms with Crippen molar-refractivity contribution < 1.29 is 13.9 Å². The minimum Gasteiger partial charge on any atom is -0.445 e. The molecule has 0 aliphatic rings. The third kappa shape index (κ3) is 6.02. The summed E-state index contributed by atoms with van der Waals surface area (Å²) in [5.74, 6) is 0. The molecule has 1 atom stereocenters. The smallest absolute Gasteiger partial charge is 0.410 e. The van der Waals surface area contributed by atoms with E-state index in [1.165, 1.54) is 4.90 Å². The quantitative estimate of drug-likeness (QED) is 0.797. The van der Waals surface area contributed by atoms with Gasteiger partial charge in [-0.3, -0.25) is 0 Å². The number of nitrogens with zero attached hydrogens (tertiary/aromatic N) is 1. The molecule has 1 aromatic rings. The molecule has 1 aromatic carbocycles. The van der Waals surface area contributed by atoms with Gasteiger partial charge in [0.1, 0.15) is 12.8 Å². The number of amides is 1. The summed E-state index contributed by atoms with van der Waals surface area (Å²) in [5, 5.41) is 2.76. The van der Waals surface area contributed by atoms with Crippen molar-refractivity contribution in [2.24, 2.45) is 0 Å². The normalized spacial score (nSPS) is 11.9. The molecule has 0 aromatic heterocycles. The zero-order chi connectivity index (χ0) is 14.8. The molecule has 0 bridgehead atoms. The average molecular weight is 282 g/mol. The van der Waals surface area contributed by atoms with Crippen LogP contribution in [0.15, 0.2) is 30.3 Å². The molecule has 5 heteroatoms. The molecule has 4 nitrogen and oxygen atoms in total. The van der Waals surface area contributed by atoms with E-state index >= 15 is 0 Å². The Kier molecular flexibility index (Phi) is 7.65. The van der Waals surface area contributed by atoms with Crippen molar-refractivity contribution in [2.45, 2.75) is 26.1 Å². The highest BCUT2D eigenvalue weighted by atomic mass is 19.1. The second-order valence-electron chi connectivity index (χ2n) is 4.64. The summed E-state index contributed by atoms with van der Waals surface area (Å²) in [5.41, 5.74) is 0.921. The molecule has 0 heterocycles. The Bertz CT molecular complexity index is 387. The summed E-state index contributed by atoms with van der Waals surface area (Å²) in [6.07, 6.45) is -0.780. The summed E-state index contributed by atoms with van der Waals surface area (Å²) in [6, 6.07) is 9.45. The van der Waals surface area contributed by atoms with Crippen LogP contribution in [-0.4, -0.2) is 43.8 Å². The molecule has 0 radical (unpaired) electrons. The lowest BCUT2D eigenvalue weighted by molar-refractivity contribution is 0.0859. The largest absolute Gasteiger partial charge is 0.445 e. The predicted molar refractivity (Wildman–Crippen MR) is 77.3 cm³/mol. The number of hydrogen-bond acceptors (Lipinski definition) is 3. The molecule has 0 saturated heterocycles. The maximum Gasteiger partial charge on any atom is 0.410 e. The number of alkyl halides is 1. The van der Waals surface area contributed by atoms with Crippen LogP contribution in [0.2, 0.25) is 0 Å². The Morgan fingerprint density at radius 2 is 2.10 bits per heavy atom. The van der Waals surface area contributed by atoms with E-state index in [1.54, 1.807) is 7.05 Å². The van der Waals surface area contributed by atoms with E-state index in [4.69, 9.17) is 4.74 Å². The first kappa shape index (κ1) is 16.4. The number of carbonyl (C=O) groups excluding carboxylic acids is 1. The van der Waals surface area contributed by atoms with Gasteiger partial charge in [0.25, 0.3) is 0 Å². The minimum absolute atomic E-state index is 0.0578. The van der Waals surface area contributed by atoms with Gasteiger partial charge in [-0.1, -0.05) is 37.3 Å². The Morgan fingerprint density at radius 1 is 1.40 bits per heavy atom. The van der Waals surface area contributed by atoms with E-state index in [1.807, 2.05) is 37.3 Å². The van der Waals surface area contributed by atoms with E-state index in [0.29, 0.717) is 6.54 Å². The van der Waals surface area contributed by atoms with Crippen LogP contribution in [0.3, 0.4) is 0 Å². The Balaban J connectivity index is 2.47. The Morgan fingerprint density at radius 3 is 2.70 bits per heavy atom. The lowest BCUT2D eigenvalue weighted by Crippen LogP contribution is -2.39.